The third kappa shape index (κ3) is 3.10. The van der Waals surface area contributed by atoms with Crippen molar-refractivity contribution in [1.82, 2.24) is 24.5 Å². The summed E-state index contributed by atoms with van der Waals surface area (Å²) in [5.41, 5.74) is 4.05. The van der Waals surface area contributed by atoms with Crippen molar-refractivity contribution in [3.63, 3.8) is 0 Å². The molecule has 6 rings (SSSR count). The number of H-pyrrole nitrogens is 1. The molecule has 0 aliphatic rings. The molecule has 0 bridgehead atoms. The van der Waals surface area contributed by atoms with E-state index >= 15 is 0 Å². The third-order valence-electron chi connectivity index (χ3n) is 5.58. The van der Waals surface area contributed by atoms with E-state index in [1.807, 2.05) is 41.1 Å². The summed E-state index contributed by atoms with van der Waals surface area (Å²) >= 11 is 12.6. The molecule has 1 N–H and O–H groups in total. The number of aryl methyl sites for hydroxylation is 1. The van der Waals surface area contributed by atoms with E-state index in [9.17, 15) is 0 Å². The average Bonchev–Trinajstić information content (AvgIpc) is 3.47. The normalized spacial score (nSPS) is 11.9. The fourth-order valence-electron chi connectivity index (χ4n) is 4.19. The fraction of sp³-hybridized carbons (Fsp3) is 0.130. The Labute approximate surface area is 186 Å². The Morgan fingerprint density at radius 1 is 0.839 bits per heavy atom. The second-order valence-corrected chi connectivity index (χ2v) is 8.40. The molecule has 0 unspecified atom stereocenters. The molecule has 0 atom stereocenters. The predicted molar refractivity (Wildman–Crippen MR) is 125 cm³/mol. The van der Waals surface area contributed by atoms with E-state index in [1.54, 1.807) is 11.0 Å². The van der Waals surface area contributed by atoms with E-state index in [2.05, 4.69) is 27.2 Å². The van der Waals surface area contributed by atoms with Crippen LogP contribution in [0.25, 0.3) is 43.6 Å². The van der Waals surface area contributed by atoms with Crippen LogP contribution in [0, 0.1) is 0 Å². The largest absolute Gasteiger partial charge is 0.413 e. The van der Waals surface area contributed by atoms with Crippen molar-refractivity contribution in [2.75, 3.05) is 6.61 Å². The smallest absolute Gasteiger partial charge is 0.137 e. The molecule has 6 aromatic rings. The van der Waals surface area contributed by atoms with Crippen LogP contribution in [0.1, 0.15) is 6.42 Å². The molecule has 154 valence electrons. The first-order chi connectivity index (χ1) is 15.2. The number of hydrogen-bond donors (Lipinski definition) is 1. The van der Waals surface area contributed by atoms with Gasteiger partial charge < -0.3 is 9.82 Å². The molecule has 0 fully saturated rings. The van der Waals surface area contributed by atoms with Crippen LogP contribution < -0.4 is 4.84 Å². The summed E-state index contributed by atoms with van der Waals surface area (Å²) in [4.78, 5) is 13.7. The van der Waals surface area contributed by atoms with Crippen LogP contribution in [0.5, 0.6) is 0 Å². The monoisotopic (exact) mass is 449 g/mol. The summed E-state index contributed by atoms with van der Waals surface area (Å²) in [5, 5.41) is 9.90. The lowest BCUT2D eigenvalue weighted by Gasteiger charge is -2.10. The van der Waals surface area contributed by atoms with Crippen molar-refractivity contribution in [3.05, 3.63) is 71.2 Å². The second kappa shape index (κ2) is 7.18. The first kappa shape index (κ1) is 18.5. The second-order valence-electron chi connectivity index (χ2n) is 7.53. The molecule has 0 aliphatic carbocycles. The van der Waals surface area contributed by atoms with Gasteiger partial charge >= 0.3 is 0 Å². The molecule has 0 saturated heterocycles. The number of benzene rings is 3. The average molecular weight is 450 g/mol. The zero-order valence-corrected chi connectivity index (χ0v) is 17.9. The summed E-state index contributed by atoms with van der Waals surface area (Å²) < 4.78 is 3.70. The lowest BCUT2D eigenvalue weighted by molar-refractivity contribution is 0.123. The van der Waals surface area contributed by atoms with Gasteiger partial charge in [0.15, 0.2) is 0 Å². The highest BCUT2D eigenvalue weighted by Gasteiger charge is 2.15. The van der Waals surface area contributed by atoms with Crippen molar-refractivity contribution in [1.29, 1.82) is 0 Å². The summed E-state index contributed by atoms with van der Waals surface area (Å²) in [5.74, 6) is 0. The SMILES string of the molecule is Clc1ccc2[nH]c3cc4c(cc3c2c1)c1cc(Cl)ccc1n4OCCCn1cncn1. The van der Waals surface area contributed by atoms with Gasteiger partial charge in [-0.15, -0.1) is 0 Å². The van der Waals surface area contributed by atoms with Gasteiger partial charge in [0, 0.05) is 55.6 Å². The number of aromatic amines is 1. The topological polar surface area (TPSA) is 60.7 Å². The standard InChI is InChI=1S/C23H17Cl2N5O/c24-14-2-4-20-16(8-14)17-10-19-18-9-15(25)3-5-22(18)30(23(19)11-21(17)28-20)31-7-1-6-29-13-26-12-27-29/h2-5,8-13,28H,1,6-7H2. The van der Waals surface area contributed by atoms with Crippen LogP contribution in [0.2, 0.25) is 10.0 Å². The summed E-state index contributed by atoms with van der Waals surface area (Å²) in [7, 11) is 0. The highest BCUT2D eigenvalue weighted by Crippen LogP contribution is 2.36. The summed E-state index contributed by atoms with van der Waals surface area (Å²) in [6, 6.07) is 16.1. The quantitative estimate of drug-likeness (QED) is 0.336. The van der Waals surface area contributed by atoms with Crippen molar-refractivity contribution >= 4 is 66.8 Å². The van der Waals surface area contributed by atoms with E-state index in [0.717, 1.165) is 61.6 Å². The van der Waals surface area contributed by atoms with Crippen molar-refractivity contribution in [3.8, 4) is 0 Å². The summed E-state index contributed by atoms with van der Waals surface area (Å²) in [6.45, 7) is 1.29. The van der Waals surface area contributed by atoms with Gasteiger partial charge in [-0.1, -0.05) is 23.2 Å². The molecule has 6 nitrogen and oxygen atoms in total. The maximum absolute atomic E-state index is 6.34. The van der Waals surface area contributed by atoms with Gasteiger partial charge in [-0.25, -0.2) is 4.98 Å². The molecule has 0 saturated carbocycles. The summed E-state index contributed by atoms with van der Waals surface area (Å²) in [6.07, 6.45) is 4.06. The van der Waals surface area contributed by atoms with E-state index < -0.39 is 0 Å². The van der Waals surface area contributed by atoms with Crippen LogP contribution >= 0.6 is 23.2 Å². The van der Waals surface area contributed by atoms with Crippen molar-refractivity contribution in [2.45, 2.75) is 13.0 Å². The number of halogens is 2. The van der Waals surface area contributed by atoms with Gasteiger partial charge in [-0.3, -0.25) is 4.68 Å². The van der Waals surface area contributed by atoms with Gasteiger partial charge in [0.1, 0.15) is 19.3 Å². The van der Waals surface area contributed by atoms with Crippen LogP contribution in [-0.4, -0.2) is 31.1 Å². The maximum atomic E-state index is 6.34. The molecular weight excluding hydrogens is 433 g/mol. The van der Waals surface area contributed by atoms with Crippen LogP contribution in [0.4, 0.5) is 0 Å². The molecule has 0 aliphatic heterocycles. The highest BCUT2D eigenvalue weighted by molar-refractivity contribution is 6.32. The highest BCUT2D eigenvalue weighted by atomic mass is 35.5. The van der Waals surface area contributed by atoms with Crippen LogP contribution in [-0.2, 0) is 6.54 Å². The molecule has 0 radical (unpaired) electrons. The first-order valence-electron chi connectivity index (χ1n) is 9.98. The molecule has 0 spiro atoms. The van der Waals surface area contributed by atoms with E-state index in [-0.39, 0.29) is 0 Å². The Hall–Kier alpha value is -3.22. The molecule has 31 heavy (non-hydrogen) atoms. The molecule has 3 heterocycles. The Morgan fingerprint density at radius 2 is 1.61 bits per heavy atom. The Bertz CT molecular complexity index is 1570. The Balaban J connectivity index is 1.48. The minimum atomic E-state index is 0.543. The van der Waals surface area contributed by atoms with Gasteiger partial charge in [0.25, 0.3) is 0 Å². The van der Waals surface area contributed by atoms with E-state index in [4.69, 9.17) is 28.0 Å². The Kier molecular flexibility index (Phi) is 4.30. The van der Waals surface area contributed by atoms with Gasteiger partial charge in [-0.05, 0) is 48.5 Å². The molecule has 8 heteroatoms. The number of aromatic nitrogens is 5. The first-order valence-corrected chi connectivity index (χ1v) is 10.7. The van der Waals surface area contributed by atoms with Gasteiger partial charge in [-0.2, -0.15) is 9.83 Å². The van der Waals surface area contributed by atoms with E-state index in [0.29, 0.717) is 11.6 Å². The van der Waals surface area contributed by atoms with Gasteiger partial charge in [0.2, 0.25) is 0 Å². The maximum Gasteiger partial charge on any atom is 0.137 e. The number of nitrogens with zero attached hydrogens (tertiary/aromatic N) is 4. The molecule has 0 amide bonds. The Morgan fingerprint density at radius 3 is 2.45 bits per heavy atom. The van der Waals surface area contributed by atoms with Crippen LogP contribution in [0.3, 0.4) is 0 Å². The lowest BCUT2D eigenvalue weighted by atomic mass is 10.1. The van der Waals surface area contributed by atoms with Crippen LogP contribution in [0.15, 0.2) is 61.2 Å². The zero-order chi connectivity index (χ0) is 20.9. The van der Waals surface area contributed by atoms with Crippen molar-refractivity contribution in [2.24, 2.45) is 0 Å². The molecular formula is C23H17Cl2N5O. The number of rotatable bonds is 5. The fourth-order valence-corrected chi connectivity index (χ4v) is 4.54. The minimum Gasteiger partial charge on any atom is -0.413 e. The minimum absolute atomic E-state index is 0.543. The van der Waals surface area contributed by atoms with E-state index in [1.165, 1.54) is 6.33 Å². The molecule has 3 aromatic carbocycles. The number of hydrogen-bond acceptors (Lipinski definition) is 3. The van der Waals surface area contributed by atoms with Gasteiger partial charge in [0.05, 0.1) is 11.0 Å². The lowest BCUT2D eigenvalue weighted by Crippen LogP contribution is -2.14. The number of fused-ring (bicyclic) bond motifs is 6. The zero-order valence-electron chi connectivity index (χ0n) is 16.3. The predicted octanol–water partition coefficient (Wildman–Crippen LogP) is 5.85. The van der Waals surface area contributed by atoms with Crippen molar-refractivity contribution < 1.29 is 4.84 Å². The third-order valence-corrected chi connectivity index (χ3v) is 6.05. The molecule has 3 aromatic heterocycles. The number of nitrogens with one attached hydrogen (secondary N) is 1.